The van der Waals surface area contributed by atoms with E-state index in [4.69, 9.17) is 4.74 Å². The van der Waals surface area contributed by atoms with Gasteiger partial charge in [0.1, 0.15) is 0 Å². The molecule has 0 N–H and O–H groups in total. The molecule has 9 heteroatoms. The Kier molecular flexibility index (Phi) is 6.05. The molecule has 3 rings (SSSR count). The van der Waals surface area contributed by atoms with Crippen LogP contribution in [0.3, 0.4) is 0 Å². The third-order valence-electron chi connectivity index (χ3n) is 4.49. The van der Waals surface area contributed by atoms with Crippen molar-refractivity contribution in [3.8, 4) is 0 Å². The number of hydrogen-bond acceptors (Lipinski definition) is 6. The number of nitrogens with zero attached hydrogens (tertiary/aromatic N) is 3. The van der Waals surface area contributed by atoms with Gasteiger partial charge in [0.2, 0.25) is 10.0 Å². The lowest BCUT2D eigenvalue weighted by Gasteiger charge is -2.33. The third kappa shape index (κ3) is 4.55. The Morgan fingerprint density at radius 3 is 2.21 bits per heavy atom. The van der Waals surface area contributed by atoms with Crippen LogP contribution in [-0.4, -0.2) is 67.3 Å². The minimum Gasteiger partial charge on any atom is -0.452 e. The number of hydrogen-bond donors (Lipinski definition) is 0. The first-order valence-corrected chi connectivity index (χ1v) is 10.2. The van der Waals surface area contributed by atoms with E-state index >= 15 is 0 Å². The SMILES string of the molecule is Cc1ccc(S(=O)(=O)N2CCN(C(=O)COC(=O)c3ccncc3)CC2)cc1. The molecule has 0 bridgehead atoms. The molecule has 8 nitrogen and oxygen atoms in total. The molecule has 148 valence electrons. The van der Waals surface area contributed by atoms with Crippen molar-refractivity contribution in [2.45, 2.75) is 11.8 Å². The number of esters is 1. The Hall–Kier alpha value is -2.78. The molecular weight excluding hydrogens is 382 g/mol. The Morgan fingerprint density at radius 2 is 1.61 bits per heavy atom. The molecule has 1 aromatic heterocycles. The van der Waals surface area contributed by atoms with E-state index in [2.05, 4.69) is 4.98 Å². The fourth-order valence-electron chi connectivity index (χ4n) is 2.83. The minimum atomic E-state index is -3.59. The Labute approximate surface area is 163 Å². The molecule has 1 fully saturated rings. The van der Waals surface area contributed by atoms with Crippen molar-refractivity contribution in [1.29, 1.82) is 0 Å². The van der Waals surface area contributed by atoms with Crippen molar-refractivity contribution in [3.05, 3.63) is 59.9 Å². The summed E-state index contributed by atoms with van der Waals surface area (Å²) in [5, 5.41) is 0. The highest BCUT2D eigenvalue weighted by molar-refractivity contribution is 7.89. The number of carbonyl (C=O) groups excluding carboxylic acids is 2. The van der Waals surface area contributed by atoms with Gasteiger partial charge in [-0.15, -0.1) is 0 Å². The maximum Gasteiger partial charge on any atom is 0.338 e. The zero-order chi connectivity index (χ0) is 20.1. The molecule has 1 aromatic carbocycles. The van der Waals surface area contributed by atoms with Gasteiger partial charge in [-0.1, -0.05) is 17.7 Å². The Balaban J connectivity index is 1.52. The van der Waals surface area contributed by atoms with Crippen LogP contribution in [0.5, 0.6) is 0 Å². The first-order chi connectivity index (χ1) is 13.4. The van der Waals surface area contributed by atoms with E-state index in [0.717, 1.165) is 5.56 Å². The van der Waals surface area contributed by atoms with Gasteiger partial charge in [-0.2, -0.15) is 4.31 Å². The Bertz CT molecular complexity index is 937. The first-order valence-electron chi connectivity index (χ1n) is 8.79. The van der Waals surface area contributed by atoms with Crippen molar-refractivity contribution in [3.63, 3.8) is 0 Å². The van der Waals surface area contributed by atoms with Gasteiger partial charge in [-0.25, -0.2) is 13.2 Å². The second-order valence-corrected chi connectivity index (χ2v) is 8.35. The van der Waals surface area contributed by atoms with Crippen LogP contribution >= 0.6 is 0 Å². The number of sulfonamides is 1. The number of amides is 1. The molecule has 1 aliphatic rings. The van der Waals surface area contributed by atoms with Crippen LogP contribution in [0.15, 0.2) is 53.7 Å². The molecule has 2 aromatic rings. The Morgan fingerprint density at radius 1 is 1.00 bits per heavy atom. The van der Waals surface area contributed by atoms with E-state index < -0.39 is 16.0 Å². The number of rotatable bonds is 5. The molecule has 2 heterocycles. The standard InChI is InChI=1S/C19H21N3O5S/c1-15-2-4-17(5-3-15)28(25,26)22-12-10-21(11-13-22)18(23)14-27-19(24)16-6-8-20-9-7-16/h2-9H,10-14H2,1H3. The molecule has 0 aliphatic carbocycles. The summed E-state index contributed by atoms with van der Waals surface area (Å²) in [4.78, 5) is 29.7. The maximum absolute atomic E-state index is 12.7. The highest BCUT2D eigenvalue weighted by Gasteiger charge is 2.30. The van der Waals surface area contributed by atoms with E-state index in [-0.39, 0.29) is 43.6 Å². The summed E-state index contributed by atoms with van der Waals surface area (Å²) in [6.07, 6.45) is 2.93. The van der Waals surface area contributed by atoms with Gasteiger partial charge in [-0.05, 0) is 31.2 Å². The lowest BCUT2D eigenvalue weighted by molar-refractivity contribution is -0.135. The molecule has 1 saturated heterocycles. The molecular formula is C19H21N3O5S. The van der Waals surface area contributed by atoms with Gasteiger partial charge >= 0.3 is 5.97 Å². The predicted molar refractivity (Wildman–Crippen MR) is 101 cm³/mol. The van der Waals surface area contributed by atoms with Crippen LogP contribution in [0, 0.1) is 6.92 Å². The van der Waals surface area contributed by atoms with Crippen LogP contribution in [0.2, 0.25) is 0 Å². The van der Waals surface area contributed by atoms with Crippen molar-refractivity contribution in [1.82, 2.24) is 14.2 Å². The maximum atomic E-state index is 12.7. The molecule has 1 aliphatic heterocycles. The molecule has 0 spiro atoms. The van der Waals surface area contributed by atoms with Crippen LogP contribution < -0.4 is 0 Å². The summed E-state index contributed by atoms with van der Waals surface area (Å²) in [5.74, 6) is -0.953. The van der Waals surface area contributed by atoms with Crippen molar-refractivity contribution >= 4 is 21.9 Å². The van der Waals surface area contributed by atoms with E-state index in [1.165, 1.54) is 33.7 Å². The highest BCUT2D eigenvalue weighted by atomic mass is 32.2. The number of aromatic nitrogens is 1. The van der Waals surface area contributed by atoms with Crippen LogP contribution in [-0.2, 0) is 19.6 Å². The summed E-state index contributed by atoms with van der Waals surface area (Å²) < 4.78 is 31.8. The molecule has 0 radical (unpaired) electrons. The molecule has 0 atom stereocenters. The second-order valence-electron chi connectivity index (χ2n) is 6.41. The van der Waals surface area contributed by atoms with Gasteiger partial charge in [0.05, 0.1) is 10.5 Å². The number of piperazine rings is 1. The van der Waals surface area contributed by atoms with Crippen LogP contribution in [0.4, 0.5) is 0 Å². The number of carbonyl (C=O) groups is 2. The zero-order valence-electron chi connectivity index (χ0n) is 15.4. The largest absolute Gasteiger partial charge is 0.452 e. The summed E-state index contributed by atoms with van der Waals surface area (Å²) >= 11 is 0. The fraction of sp³-hybridized carbons (Fsp3) is 0.316. The van der Waals surface area contributed by atoms with E-state index in [0.29, 0.717) is 5.56 Å². The monoisotopic (exact) mass is 403 g/mol. The summed E-state index contributed by atoms with van der Waals surface area (Å²) in [7, 11) is -3.59. The average Bonchev–Trinajstić information content (AvgIpc) is 2.73. The molecule has 1 amide bonds. The van der Waals surface area contributed by atoms with Crippen molar-refractivity contribution in [2.75, 3.05) is 32.8 Å². The normalized spacial score (nSPS) is 15.2. The zero-order valence-corrected chi connectivity index (χ0v) is 16.3. The topological polar surface area (TPSA) is 96.9 Å². The third-order valence-corrected chi connectivity index (χ3v) is 6.41. The van der Waals surface area contributed by atoms with Crippen molar-refractivity contribution < 1.29 is 22.7 Å². The van der Waals surface area contributed by atoms with Gasteiger partial charge in [0.25, 0.3) is 5.91 Å². The summed E-state index contributed by atoms with van der Waals surface area (Å²) in [6.45, 7) is 2.39. The number of pyridine rings is 1. The van der Waals surface area contributed by atoms with Crippen LogP contribution in [0.25, 0.3) is 0 Å². The van der Waals surface area contributed by atoms with Crippen molar-refractivity contribution in [2.24, 2.45) is 0 Å². The molecule has 28 heavy (non-hydrogen) atoms. The predicted octanol–water partition coefficient (Wildman–Crippen LogP) is 1.08. The second kappa shape index (κ2) is 8.49. The lowest BCUT2D eigenvalue weighted by atomic mass is 10.2. The smallest absolute Gasteiger partial charge is 0.338 e. The number of ether oxygens (including phenoxy) is 1. The average molecular weight is 403 g/mol. The van der Waals surface area contributed by atoms with Gasteiger partial charge in [-0.3, -0.25) is 9.78 Å². The molecule has 0 saturated carbocycles. The van der Waals surface area contributed by atoms with Gasteiger partial charge in [0.15, 0.2) is 6.61 Å². The summed E-state index contributed by atoms with van der Waals surface area (Å²) in [5.41, 5.74) is 1.30. The van der Waals surface area contributed by atoms with Crippen LogP contribution in [0.1, 0.15) is 15.9 Å². The van der Waals surface area contributed by atoms with Gasteiger partial charge in [0, 0.05) is 38.6 Å². The van der Waals surface area contributed by atoms with E-state index in [9.17, 15) is 18.0 Å². The number of benzene rings is 1. The lowest BCUT2D eigenvalue weighted by Crippen LogP contribution is -2.51. The van der Waals surface area contributed by atoms with Gasteiger partial charge < -0.3 is 9.64 Å². The highest BCUT2D eigenvalue weighted by Crippen LogP contribution is 2.18. The molecule has 0 unspecified atom stereocenters. The summed E-state index contributed by atoms with van der Waals surface area (Å²) in [6, 6.07) is 9.68. The minimum absolute atomic E-state index is 0.195. The fourth-order valence-corrected chi connectivity index (χ4v) is 4.25. The van der Waals surface area contributed by atoms with E-state index in [1.807, 2.05) is 6.92 Å². The first kappa shape index (κ1) is 20.0. The number of aryl methyl sites for hydroxylation is 1. The quantitative estimate of drug-likeness (QED) is 0.693. The van der Waals surface area contributed by atoms with E-state index in [1.54, 1.807) is 24.3 Å².